The summed E-state index contributed by atoms with van der Waals surface area (Å²) in [5.41, 5.74) is 1.85. The molecule has 2 aromatic rings. The zero-order valence-electron chi connectivity index (χ0n) is 13.5. The van der Waals surface area contributed by atoms with Gasteiger partial charge in [0.15, 0.2) is 0 Å². The second-order valence-electron chi connectivity index (χ2n) is 6.16. The smallest absolute Gasteiger partial charge is 0.303 e. The Morgan fingerprint density at radius 3 is 2.39 bits per heavy atom. The number of rotatable bonds is 6. The van der Waals surface area contributed by atoms with Gasteiger partial charge in [0.2, 0.25) is 0 Å². The van der Waals surface area contributed by atoms with E-state index < -0.39 is 11.5 Å². The minimum absolute atomic E-state index is 0.0186. The minimum Gasteiger partial charge on any atom is -0.481 e. The van der Waals surface area contributed by atoms with Gasteiger partial charge in [0.05, 0.1) is 5.69 Å². The van der Waals surface area contributed by atoms with Crippen molar-refractivity contribution in [2.24, 2.45) is 0 Å². The van der Waals surface area contributed by atoms with Crippen molar-refractivity contribution in [3.63, 3.8) is 0 Å². The standard InChI is InChI=1S/C17H21N3O3/c1-12-9-11-18-20(12)14-6-4-13(5-7-14)16(23)19-17(2,3)10-8-15(21)22/h4-7,9,11H,8,10H2,1-3H3,(H,19,23)(H,21,22). The number of aliphatic carboxylic acids is 1. The maximum absolute atomic E-state index is 12.3. The van der Waals surface area contributed by atoms with Crippen LogP contribution in [0.4, 0.5) is 0 Å². The molecule has 0 aliphatic heterocycles. The van der Waals surface area contributed by atoms with Crippen molar-refractivity contribution < 1.29 is 14.7 Å². The van der Waals surface area contributed by atoms with E-state index in [4.69, 9.17) is 5.11 Å². The van der Waals surface area contributed by atoms with E-state index in [-0.39, 0.29) is 12.3 Å². The fourth-order valence-corrected chi connectivity index (χ4v) is 2.26. The maximum atomic E-state index is 12.3. The molecule has 0 saturated carbocycles. The van der Waals surface area contributed by atoms with Crippen molar-refractivity contribution in [1.82, 2.24) is 15.1 Å². The summed E-state index contributed by atoms with van der Waals surface area (Å²) >= 11 is 0. The van der Waals surface area contributed by atoms with Crippen LogP contribution in [0.25, 0.3) is 5.69 Å². The molecule has 122 valence electrons. The summed E-state index contributed by atoms with van der Waals surface area (Å²) in [6.07, 6.45) is 2.12. The van der Waals surface area contributed by atoms with Crippen molar-refractivity contribution in [1.29, 1.82) is 0 Å². The zero-order chi connectivity index (χ0) is 17.0. The topological polar surface area (TPSA) is 84.2 Å². The second-order valence-corrected chi connectivity index (χ2v) is 6.16. The van der Waals surface area contributed by atoms with Gasteiger partial charge >= 0.3 is 5.97 Å². The van der Waals surface area contributed by atoms with Crippen molar-refractivity contribution in [3.8, 4) is 5.69 Å². The molecule has 1 aromatic carbocycles. The van der Waals surface area contributed by atoms with Crippen LogP contribution < -0.4 is 5.32 Å². The molecule has 0 aliphatic rings. The monoisotopic (exact) mass is 315 g/mol. The largest absolute Gasteiger partial charge is 0.481 e. The molecule has 1 aromatic heterocycles. The van der Waals surface area contributed by atoms with Crippen molar-refractivity contribution >= 4 is 11.9 Å². The summed E-state index contributed by atoms with van der Waals surface area (Å²) < 4.78 is 1.79. The van der Waals surface area contributed by atoms with Gasteiger partial charge < -0.3 is 10.4 Å². The summed E-state index contributed by atoms with van der Waals surface area (Å²) in [5, 5.41) is 15.8. The van der Waals surface area contributed by atoms with Gasteiger partial charge in [-0.15, -0.1) is 0 Å². The molecular weight excluding hydrogens is 294 g/mol. The number of nitrogens with zero attached hydrogens (tertiary/aromatic N) is 2. The number of carboxylic acids is 1. The van der Waals surface area contributed by atoms with Crippen LogP contribution in [0.2, 0.25) is 0 Å². The molecular formula is C17H21N3O3. The quantitative estimate of drug-likeness (QED) is 0.858. The first-order valence-electron chi connectivity index (χ1n) is 7.44. The zero-order valence-corrected chi connectivity index (χ0v) is 13.5. The van der Waals surface area contributed by atoms with Crippen LogP contribution in [0, 0.1) is 6.92 Å². The number of amides is 1. The number of aromatic nitrogens is 2. The molecule has 2 N–H and O–H groups in total. The normalized spacial score (nSPS) is 11.3. The third-order valence-corrected chi connectivity index (χ3v) is 3.62. The van der Waals surface area contributed by atoms with Crippen LogP contribution in [-0.4, -0.2) is 32.3 Å². The van der Waals surface area contributed by atoms with Gasteiger partial charge in [0.1, 0.15) is 0 Å². The molecule has 23 heavy (non-hydrogen) atoms. The lowest BCUT2D eigenvalue weighted by Crippen LogP contribution is -2.43. The Morgan fingerprint density at radius 1 is 1.22 bits per heavy atom. The summed E-state index contributed by atoms with van der Waals surface area (Å²) in [6.45, 7) is 5.59. The summed E-state index contributed by atoms with van der Waals surface area (Å²) in [5.74, 6) is -1.09. The first-order chi connectivity index (χ1) is 10.8. The van der Waals surface area contributed by atoms with Crippen LogP contribution in [0.1, 0.15) is 42.7 Å². The Hall–Kier alpha value is -2.63. The van der Waals surface area contributed by atoms with Gasteiger partial charge in [-0.3, -0.25) is 9.59 Å². The molecule has 0 saturated heterocycles. The average molecular weight is 315 g/mol. The van der Waals surface area contributed by atoms with Crippen LogP contribution >= 0.6 is 0 Å². The second kappa shape index (κ2) is 6.64. The summed E-state index contributed by atoms with van der Waals surface area (Å²) in [4.78, 5) is 22.9. The van der Waals surface area contributed by atoms with Crippen molar-refractivity contribution in [3.05, 3.63) is 47.8 Å². The number of benzene rings is 1. The van der Waals surface area contributed by atoms with Crippen molar-refractivity contribution in [2.45, 2.75) is 39.2 Å². The maximum Gasteiger partial charge on any atom is 0.303 e. The predicted octanol–water partition coefficient (Wildman–Crippen LogP) is 2.55. The first-order valence-corrected chi connectivity index (χ1v) is 7.44. The molecule has 1 heterocycles. The van der Waals surface area contributed by atoms with Gasteiger partial charge in [0.25, 0.3) is 5.91 Å². The van der Waals surface area contributed by atoms with E-state index in [0.29, 0.717) is 12.0 Å². The molecule has 6 nitrogen and oxygen atoms in total. The predicted molar refractivity (Wildman–Crippen MR) is 86.7 cm³/mol. The average Bonchev–Trinajstić information content (AvgIpc) is 2.91. The highest BCUT2D eigenvalue weighted by atomic mass is 16.4. The lowest BCUT2D eigenvalue weighted by molar-refractivity contribution is -0.137. The Labute approximate surface area is 135 Å². The molecule has 0 spiro atoms. The number of carboxylic acid groups (broad SMARTS) is 1. The molecule has 1 amide bonds. The van der Waals surface area contributed by atoms with Gasteiger partial charge in [-0.05, 0) is 57.5 Å². The molecule has 0 atom stereocenters. The summed E-state index contributed by atoms with van der Waals surface area (Å²) in [6, 6.07) is 9.04. The van der Waals surface area contributed by atoms with Crippen LogP contribution in [0.3, 0.4) is 0 Å². The third kappa shape index (κ3) is 4.42. The lowest BCUT2D eigenvalue weighted by atomic mass is 9.97. The summed E-state index contributed by atoms with van der Waals surface area (Å²) in [7, 11) is 0. The molecule has 2 rings (SSSR count). The highest BCUT2D eigenvalue weighted by Gasteiger charge is 2.22. The SMILES string of the molecule is Cc1ccnn1-c1ccc(C(=O)NC(C)(C)CCC(=O)O)cc1. The van der Waals surface area contributed by atoms with E-state index >= 15 is 0 Å². The Balaban J connectivity index is 2.06. The van der Waals surface area contributed by atoms with Gasteiger partial charge in [-0.2, -0.15) is 5.10 Å². The van der Waals surface area contributed by atoms with E-state index in [2.05, 4.69) is 10.4 Å². The van der Waals surface area contributed by atoms with Gasteiger partial charge in [-0.25, -0.2) is 4.68 Å². The minimum atomic E-state index is -0.869. The number of carbonyl (C=O) groups excluding carboxylic acids is 1. The third-order valence-electron chi connectivity index (χ3n) is 3.62. The van der Waals surface area contributed by atoms with Crippen LogP contribution in [0.15, 0.2) is 36.5 Å². The van der Waals surface area contributed by atoms with E-state index in [1.165, 1.54) is 0 Å². The molecule has 6 heteroatoms. The highest BCUT2D eigenvalue weighted by Crippen LogP contribution is 2.15. The molecule has 0 radical (unpaired) electrons. The Kier molecular flexibility index (Phi) is 4.83. The fourth-order valence-electron chi connectivity index (χ4n) is 2.26. The number of hydrogen-bond acceptors (Lipinski definition) is 3. The van der Waals surface area contributed by atoms with E-state index in [1.807, 2.05) is 39.0 Å². The number of carbonyl (C=O) groups is 2. The molecule has 0 fully saturated rings. The van der Waals surface area contributed by atoms with Crippen LogP contribution in [0.5, 0.6) is 0 Å². The van der Waals surface area contributed by atoms with E-state index in [9.17, 15) is 9.59 Å². The Bertz CT molecular complexity index is 702. The van der Waals surface area contributed by atoms with Gasteiger partial charge in [0, 0.05) is 29.4 Å². The molecule has 0 unspecified atom stereocenters. The first kappa shape index (κ1) is 16.7. The van der Waals surface area contributed by atoms with Crippen molar-refractivity contribution in [2.75, 3.05) is 0 Å². The van der Waals surface area contributed by atoms with E-state index in [1.54, 1.807) is 23.0 Å². The van der Waals surface area contributed by atoms with E-state index in [0.717, 1.165) is 11.4 Å². The molecule has 0 bridgehead atoms. The molecule has 0 aliphatic carbocycles. The van der Waals surface area contributed by atoms with Crippen LogP contribution in [-0.2, 0) is 4.79 Å². The Morgan fingerprint density at radius 2 is 1.87 bits per heavy atom. The van der Waals surface area contributed by atoms with Gasteiger partial charge in [-0.1, -0.05) is 0 Å². The lowest BCUT2D eigenvalue weighted by Gasteiger charge is -2.25. The number of hydrogen-bond donors (Lipinski definition) is 2. The fraction of sp³-hybridized carbons (Fsp3) is 0.353. The highest BCUT2D eigenvalue weighted by molar-refractivity contribution is 5.94. The number of nitrogens with one attached hydrogen (secondary N) is 1. The number of aryl methyl sites for hydroxylation is 1.